The van der Waals surface area contributed by atoms with Crippen molar-refractivity contribution in [3.63, 3.8) is 0 Å². The molecule has 2 atom stereocenters. The Morgan fingerprint density at radius 2 is 2.17 bits per heavy atom. The molecule has 1 aromatic carbocycles. The van der Waals surface area contributed by atoms with Crippen LogP contribution in [0, 0.1) is 0 Å². The van der Waals surface area contributed by atoms with Gasteiger partial charge >= 0.3 is 6.09 Å². The Kier molecular flexibility index (Phi) is 4.61. The predicted octanol–water partition coefficient (Wildman–Crippen LogP) is 2.63. The van der Waals surface area contributed by atoms with Gasteiger partial charge < -0.3 is 24.1 Å². The number of carbonyl (C=O) groups excluding carboxylic acids is 1. The number of fused-ring (bicyclic) bond motifs is 4. The lowest BCUT2D eigenvalue weighted by Crippen LogP contribution is -2.44. The van der Waals surface area contributed by atoms with Gasteiger partial charge in [-0.2, -0.15) is 0 Å². The zero-order chi connectivity index (χ0) is 20.0. The number of nitrogens with one attached hydrogen (secondary N) is 1. The number of H-pyrrole nitrogens is 1. The molecule has 29 heavy (non-hydrogen) atoms. The summed E-state index contributed by atoms with van der Waals surface area (Å²) in [5.74, 6) is 1.97. The number of likely N-dealkylation sites (tertiary alicyclic amines) is 1. The molecule has 5 rings (SSSR count). The Morgan fingerprint density at radius 3 is 3.00 bits per heavy atom. The number of piperidine rings is 1. The lowest BCUT2D eigenvalue weighted by molar-refractivity contribution is 0.0985. The van der Waals surface area contributed by atoms with Gasteiger partial charge in [-0.25, -0.2) is 9.78 Å². The van der Waals surface area contributed by atoms with Crippen LogP contribution < -0.4 is 15.0 Å². The van der Waals surface area contributed by atoms with Crippen molar-refractivity contribution in [2.75, 3.05) is 32.9 Å². The second-order valence-electron chi connectivity index (χ2n) is 7.19. The van der Waals surface area contributed by atoms with Gasteiger partial charge in [-0.05, 0) is 31.5 Å². The number of aromatic amines is 1. The molecule has 3 aliphatic heterocycles. The van der Waals surface area contributed by atoms with Gasteiger partial charge in [-0.3, -0.25) is 4.79 Å². The minimum atomic E-state index is -0.290. The van der Waals surface area contributed by atoms with E-state index in [1.807, 2.05) is 18.2 Å². The molecule has 2 unspecified atom stereocenters. The molecular weight excluding hydrogens is 394 g/mol. The second kappa shape index (κ2) is 7.29. The van der Waals surface area contributed by atoms with Crippen molar-refractivity contribution in [3.8, 4) is 22.9 Å². The van der Waals surface area contributed by atoms with Crippen LogP contribution in [-0.4, -0.2) is 59.1 Å². The van der Waals surface area contributed by atoms with E-state index in [1.54, 1.807) is 23.6 Å². The summed E-state index contributed by atoms with van der Waals surface area (Å²) >= 11 is 1.57. The normalized spacial score (nSPS) is 22.0. The summed E-state index contributed by atoms with van der Waals surface area (Å²) in [6.45, 7) is 4.33. The fraction of sp³-hybridized carbons (Fsp3) is 0.450. The highest BCUT2D eigenvalue weighted by atomic mass is 32.2. The van der Waals surface area contributed by atoms with Crippen LogP contribution >= 0.6 is 11.8 Å². The lowest BCUT2D eigenvalue weighted by Gasteiger charge is -2.33. The van der Waals surface area contributed by atoms with Gasteiger partial charge in [0.1, 0.15) is 24.1 Å². The Balaban J connectivity index is 1.43. The van der Waals surface area contributed by atoms with E-state index in [0.29, 0.717) is 50.2 Å². The minimum Gasteiger partial charge on any atom is -0.486 e. The van der Waals surface area contributed by atoms with Crippen molar-refractivity contribution < 1.29 is 19.0 Å². The Morgan fingerprint density at radius 1 is 1.34 bits per heavy atom. The summed E-state index contributed by atoms with van der Waals surface area (Å²) in [5.41, 5.74) is 1.41. The largest absolute Gasteiger partial charge is 0.486 e. The fourth-order valence-corrected chi connectivity index (χ4v) is 5.59. The lowest BCUT2D eigenvalue weighted by atomic mass is 9.91. The number of ether oxygens (including phenoxy) is 3. The maximum Gasteiger partial charge on any atom is 0.409 e. The molecule has 9 heteroatoms. The molecule has 1 N–H and O–H groups in total. The van der Waals surface area contributed by atoms with Crippen molar-refractivity contribution in [1.82, 2.24) is 14.9 Å². The SMILES string of the molecule is CCOC(=O)N1CCC2c3c(nc(-c4ccc5c(c4)OCCO5)[nH]c3=O)SC2C1. The van der Waals surface area contributed by atoms with Crippen molar-refractivity contribution in [2.45, 2.75) is 29.5 Å². The summed E-state index contributed by atoms with van der Waals surface area (Å²) in [6.07, 6.45) is 0.443. The quantitative estimate of drug-likeness (QED) is 0.754. The first-order valence-electron chi connectivity index (χ1n) is 9.76. The second-order valence-corrected chi connectivity index (χ2v) is 8.42. The first-order chi connectivity index (χ1) is 14.1. The maximum absolute atomic E-state index is 12.9. The molecule has 0 aliphatic carbocycles. The molecule has 4 heterocycles. The molecule has 1 amide bonds. The average molecular weight is 415 g/mol. The summed E-state index contributed by atoms with van der Waals surface area (Å²) < 4.78 is 16.3. The van der Waals surface area contributed by atoms with Crippen LogP contribution in [0.25, 0.3) is 11.4 Å². The van der Waals surface area contributed by atoms with E-state index in [1.165, 1.54) is 0 Å². The van der Waals surface area contributed by atoms with Crippen LogP contribution in [0.15, 0.2) is 28.0 Å². The number of carbonyl (C=O) groups is 1. The smallest absolute Gasteiger partial charge is 0.409 e. The van der Waals surface area contributed by atoms with Gasteiger partial charge in [0, 0.05) is 29.8 Å². The Bertz CT molecular complexity index is 1020. The fourth-order valence-electron chi connectivity index (χ4n) is 4.10. The number of hydrogen-bond donors (Lipinski definition) is 1. The Hall–Kier alpha value is -2.68. The number of hydrogen-bond acceptors (Lipinski definition) is 7. The van der Waals surface area contributed by atoms with Crippen molar-refractivity contribution in [3.05, 3.63) is 34.1 Å². The topological polar surface area (TPSA) is 93.8 Å². The number of benzene rings is 1. The van der Waals surface area contributed by atoms with Gasteiger partial charge in [0.2, 0.25) is 0 Å². The van der Waals surface area contributed by atoms with E-state index in [0.717, 1.165) is 22.6 Å². The van der Waals surface area contributed by atoms with Crippen molar-refractivity contribution >= 4 is 17.9 Å². The van der Waals surface area contributed by atoms with Gasteiger partial charge in [0.15, 0.2) is 11.5 Å². The molecule has 152 valence electrons. The van der Waals surface area contributed by atoms with Crippen LogP contribution in [0.4, 0.5) is 4.79 Å². The molecular formula is C20H21N3O5S. The summed E-state index contributed by atoms with van der Waals surface area (Å²) in [7, 11) is 0. The third-order valence-corrected chi connectivity index (χ3v) is 6.77. The van der Waals surface area contributed by atoms with Gasteiger partial charge in [0.05, 0.1) is 12.2 Å². The van der Waals surface area contributed by atoms with E-state index in [4.69, 9.17) is 19.2 Å². The first-order valence-corrected chi connectivity index (χ1v) is 10.6. The highest BCUT2D eigenvalue weighted by Crippen LogP contribution is 2.47. The molecule has 0 bridgehead atoms. The van der Waals surface area contributed by atoms with Gasteiger partial charge in [-0.15, -0.1) is 0 Å². The molecule has 0 radical (unpaired) electrons. The average Bonchev–Trinajstić information content (AvgIpc) is 3.11. The number of rotatable bonds is 2. The predicted molar refractivity (Wildman–Crippen MR) is 107 cm³/mol. The van der Waals surface area contributed by atoms with Crippen LogP contribution in [0.1, 0.15) is 24.8 Å². The maximum atomic E-state index is 12.9. The highest BCUT2D eigenvalue weighted by molar-refractivity contribution is 8.00. The van der Waals surface area contributed by atoms with Crippen LogP contribution in [-0.2, 0) is 4.74 Å². The Labute approximate surface area is 171 Å². The van der Waals surface area contributed by atoms with Crippen LogP contribution in [0.2, 0.25) is 0 Å². The minimum absolute atomic E-state index is 0.103. The van der Waals surface area contributed by atoms with Crippen LogP contribution in [0.3, 0.4) is 0 Å². The number of thioether (sulfide) groups is 1. The zero-order valence-electron chi connectivity index (χ0n) is 16.0. The monoisotopic (exact) mass is 415 g/mol. The first kappa shape index (κ1) is 18.4. The highest BCUT2D eigenvalue weighted by Gasteiger charge is 2.42. The molecule has 3 aliphatic rings. The molecule has 8 nitrogen and oxygen atoms in total. The third-order valence-electron chi connectivity index (χ3n) is 5.45. The van der Waals surface area contributed by atoms with E-state index >= 15 is 0 Å². The number of amides is 1. The molecule has 1 saturated heterocycles. The van der Waals surface area contributed by atoms with E-state index in [-0.39, 0.29) is 22.8 Å². The standard InChI is InChI=1S/C20H21N3O5S/c1-2-26-20(25)23-6-5-12-15(10-23)29-19-16(12)18(24)21-17(22-19)11-3-4-13-14(9-11)28-8-7-27-13/h3-4,9,12,15H,2,5-8,10H2,1H3,(H,21,22,24). The molecule has 2 aromatic rings. The summed E-state index contributed by atoms with van der Waals surface area (Å²) in [5, 5.41) is 0.867. The van der Waals surface area contributed by atoms with Gasteiger partial charge in [-0.1, -0.05) is 11.8 Å². The van der Waals surface area contributed by atoms with E-state index < -0.39 is 0 Å². The molecule has 0 spiro atoms. The van der Waals surface area contributed by atoms with Crippen LogP contribution in [0.5, 0.6) is 11.5 Å². The van der Waals surface area contributed by atoms with Gasteiger partial charge in [0.25, 0.3) is 5.56 Å². The number of aromatic nitrogens is 2. The molecule has 0 saturated carbocycles. The number of nitrogens with zero attached hydrogens (tertiary/aromatic N) is 2. The zero-order valence-corrected chi connectivity index (χ0v) is 16.8. The third kappa shape index (κ3) is 3.23. The van der Waals surface area contributed by atoms with E-state index in [2.05, 4.69) is 4.98 Å². The summed E-state index contributed by atoms with van der Waals surface area (Å²) in [6, 6.07) is 5.54. The van der Waals surface area contributed by atoms with E-state index in [9.17, 15) is 9.59 Å². The molecule has 1 aromatic heterocycles. The van der Waals surface area contributed by atoms with Crippen molar-refractivity contribution in [2.24, 2.45) is 0 Å². The summed E-state index contributed by atoms with van der Waals surface area (Å²) in [4.78, 5) is 34.4. The molecule has 1 fully saturated rings. The van der Waals surface area contributed by atoms with Crippen molar-refractivity contribution in [1.29, 1.82) is 0 Å².